The second-order valence-corrected chi connectivity index (χ2v) is 4.95. The van der Waals surface area contributed by atoms with Gasteiger partial charge in [-0.15, -0.1) is 0 Å². The van der Waals surface area contributed by atoms with Gasteiger partial charge in [0.15, 0.2) is 0 Å². The zero-order chi connectivity index (χ0) is 15.1. The molecule has 0 aliphatic rings. The van der Waals surface area contributed by atoms with Crippen LogP contribution >= 0.6 is 0 Å². The first kappa shape index (κ1) is 12.9. The first-order chi connectivity index (χ1) is 10.8. The van der Waals surface area contributed by atoms with Gasteiger partial charge in [0.25, 0.3) is 0 Å². The number of halogens is 2. The predicted octanol–water partition coefficient (Wildman–Crippen LogP) is 4.02. The molecule has 0 saturated carbocycles. The summed E-state index contributed by atoms with van der Waals surface area (Å²) < 4.78 is 28.1. The molecule has 0 radical (unpaired) electrons. The van der Waals surface area contributed by atoms with Crippen molar-refractivity contribution in [2.24, 2.45) is 0 Å². The summed E-state index contributed by atoms with van der Waals surface area (Å²) in [5, 5.41) is 0.896. The van der Waals surface area contributed by atoms with Gasteiger partial charge in [-0.2, -0.15) is 0 Å². The van der Waals surface area contributed by atoms with E-state index in [1.807, 2.05) is 24.3 Å². The molecule has 0 bridgehead atoms. The molecule has 4 rings (SSSR count). The summed E-state index contributed by atoms with van der Waals surface area (Å²) in [7, 11) is -2.67. The van der Waals surface area contributed by atoms with Gasteiger partial charge in [-0.05, 0) is 24.3 Å². The highest BCUT2D eigenvalue weighted by atomic mass is 19.2. The van der Waals surface area contributed by atoms with Crippen LogP contribution in [0.15, 0.2) is 60.8 Å². The number of nitrogens with zero attached hydrogens (tertiary/aromatic N) is 3. The van der Waals surface area contributed by atoms with Gasteiger partial charge >= 0.3 is 7.40 Å². The summed E-state index contributed by atoms with van der Waals surface area (Å²) in [6, 6.07) is 16.1. The summed E-state index contributed by atoms with van der Waals surface area (Å²) >= 11 is 0. The van der Waals surface area contributed by atoms with Crippen molar-refractivity contribution in [1.82, 2.24) is 14.4 Å². The maximum atomic E-state index is 13.6. The fourth-order valence-corrected chi connectivity index (χ4v) is 2.72. The number of hydrogen-bond acceptors (Lipinski definition) is 2. The molecule has 0 unspecified atom stereocenters. The molecular weight excluding hydrogens is 283 g/mol. The Kier molecular flexibility index (Phi) is 2.89. The van der Waals surface area contributed by atoms with Crippen LogP contribution in [0.4, 0.5) is 8.63 Å². The SMILES string of the molecule is FB(F)n1c(-c2cccc3cccnc23)nc2ccccc21. The minimum atomic E-state index is -2.67. The summed E-state index contributed by atoms with van der Waals surface area (Å²) in [6.07, 6.45) is 1.65. The molecule has 0 atom stereocenters. The molecule has 3 nitrogen and oxygen atoms in total. The van der Waals surface area contributed by atoms with Crippen molar-refractivity contribution in [3.8, 4) is 11.4 Å². The first-order valence-electron chi connectivity index (χ1n) is 6.85. The summed E-state index contributed by atoms with van der Waals surface area (Å²) in [5.74, 6) is 0.237. The van der Waals surface area contributed by atoms with Crippen LogP contribution in [0.2, 0.25) is 0 Å². The van der Waals surface area contributed by atoms with E-state index in [2.05, 4.69) is 9.97 Å². The first-order valence-corrected chi connectivity index (χ1v) is 6.85. The van der Waals surface area contributed by atoms with Crippen LogP contribution in [0.1, 0.15) is 0 Å². The molecule has 0 saturated heterocycles. The van der Waals surface area contributed by atoms with Crippen molar-refractivity contribution in [3.05, 3.63) is 60.8 Å². The van der Waals surface area contributed by atoms with Crippen LogP contribution in [-0.4, -0.2) is 21.8 Å². The quantitative estimate of drug-likeness (QED) is 0.522. The van der Waals surface area contributed by atoms with Crippen LogP contribution < -0.4 is 0 Å². The molecule has 2 aromatic heterocycles. The number of fused-ring (bicyclic) bond motifs is 2. The van der Waals surface area contributed by atoms with Crippen molar-refractivity contribution >= 4 is 29.3 Å². The topological polar surface area (TPSA) is 30.7 Å². The Labute approximate surface area is 125 Å². The number of para-hydroxylation sites is 3. The molecule has 0 N–H and O–H groups in total. The highest BCUT2D eigenvalue weighted by molar-refractivity contribution is 6.43. The second-order valence-electron chi connectivity index (χ2n) is 4.95. The average molecular weight is 293 g/mol. The summed E-state index contributed by atoms with van der Waals surface area (Å²) in [5.41, 5.74) is 2.24. The molecule has 0 amide bonds. The summed E-state index contributed by atoms with van der Waals surface area (Å²) in [4.78, 5) is 8.73. The van der Waals surface area contributed by atoms with E-state index in [1.165, 1.54) is 0 Å². The molecule has 4 aromatic rings. The zero-order valence-electron chi connectivity index (χ0n) is 11.4. The standard InChI is InChI=1S/C16H10BF2N3/c18-17(19)22-14-9-2-1-8-13(14)21-16(22)12-7-3-5-11-6-4-10-20-15(11)12/h1-10H. The number of aromatic nitrogens is 3. The third-order valence-electron chi connectivity index (χ3n) is 3.66. The third kappa shape index (κ3) is 1.88. The highest BCUT2D eigenvalue weighted by Crippen LogP contribution is 2.30. The van der Waals surface area contributed by atoms with Crippen molar-refractivity contribution in [2.75, 3.05) is 0 Å². The highest BCUT2D eigenvalue weighted by Gasteiger charge is 2.26. The Balaban J connectivity index is 2.10. The number of pyridine rings is 1. The van der Waals surface area contributed by atoms with Crippen molar-refractivity contribution in [3.63, 3.8) is 0 Å². The zero-order valence-corrected chi connectivity index (χ0v) is 11.4. The molecule has 6 heteroatoms. The van der Waals surface area contributed by atoms with E-state index in [4.69, 9.17) is 0 Å². The lowest BCUT2D eigenvalue weighted by Crippen LogP contribution is -2.14. The maximum Gasteiger partial charge on any atom is 0.679 e. The van der Waals surface area contributed by atoms with Crippen LogP contribution in [0.5, 0.6) is 0 Å². The van der Waals surface area contributed by atoms with Gasteiger partial charge < -0.3 is 4.48 Å². The lowest BCUT2D eigenvalue weighted by Gasteiger charge is -2.07. The fourth-order valence-electron chi connectivity index (χ4n) is 2.72. The molecule has 22 heavy (non-hydrogen) atoms. The van der Waals surface area contributed by atoms with Gasteiger partial charge in [-0.3, -0.25) is 13.6 Å². The Morgan fingerprint density at radius 3 is 2.59 bits per heavy atom. The molecule has 0 aliphatic heterocycles. The van der Waals surface area contributed by atoms with E-state index in [0.29, 0.717) is 22.1 Å². The Bertz CT molecular complexity index is 976. The lowest BCUT2D eigenvalue weighted by molar-refractivity contribution is 0.635. The van der Waals surface area contributed by atoms with Crippen LogP contribution in [0, 0.1) is 0 Å². The van der Waals surface area contributed by atoms with Gasteiger partial charge in [0.2, 0.25) is 0 Å². The Morgan fingerprint density at radius 1 is 0.909 bits per heavy atom. The molecule has 2 heterocycles. The van der Waals surface area contributed by atoms with E-state index in [0.717, 1.165) is 9.86 Å². The largest absolute Gasteiger partial charge is 0.679 e. The maximum absolute atomic E-state index is 13.6. The monoisotopic (exact) mass is 293 g/mol. The van der Waals surface area contributed by atoms with Crippen molar-refractivity contribution in [2.45, 2.75) is 0 Å². The van der Waals surface area contributed by atoms with E-state index in [9.17, 15) is 8.63 Å². The average Bonchev–Trinajstić information content (AvgIpc) is 2.93. The molecule has 0 fully saturated rings. The molecule has 0 aliphatic carbocycles. The van der Waals surface area contributed by atoms with Crippen LogP contribution in [-0.2, 0) is 0 Å². The number of benzene rings is 2. The molecule has 2 aromatic carbocycles. The normalized spacial score (nSPS) is 11.2. The minimum Gasteiger partial charge on any atom is -0.308 e. The van der Waals surface area contributed by atoms with Crippen LogP contribution in [0.25, 0.3) is 33.3 Å². The van der Waals surface area contributed by atoms with Crippen molar-refractivity contribution in [1.29, 1.82) is 0 Å². The van der Waals surface area contributed by atoms with E-state index in [-0.39, 0.29) is 5.82 Å². The van der Waals surface area contributed by atoms with Gasteiger partial charge in [0.1, 0.15) is 5.82 Å². The lowest BCUT2D eigenvalue weighted by atomic mass is 10.1. The predicted molar refractivity (Wildman–Crippen MR) is 83.8 cm³/mol. The van der Waals surface area contributed by atoms with Gasteiger partial charge in [-0.25, -0.2) is 4.98 Å². The smallest absolute Gasteiger partial charge is 0.308 e. The number of hydrogen-bond donors (Lipinski definition) is 0. The van der Waals surface area contributed by atoms with E-state index >= 15 is 0 Å². The molecular formula is C16H10BF2N3. The van der Waals surface area contributed by atoms with E-state index in [1.54, 1.807) is 36.5 Å². The van der Waals surface area contributed by atoms with Crippen LogP contribution in [0.3, 0.4) is 0 Å². The number of imidazole rings is 1. The minimum absolute atomic E-state index is 0.237. The van der Waals surface area contributed by atoms with E-state index < -0.39 is 7.40 Å². The van der Waals surface area contributed by atoms with Gasteiger partial charge in [0, 0.05) is 17.1 Å². The number of rotatable bonds is 2. The summed E-state index contributed by atoms with van der Waals surface area (Å²) in [6.45, 7) is 0. The molecule has 106 valence electrons. The Morgan fingerprint density at radius 2 is 1.73 bits per heavy atom. The third-order valence-corrected chi connectivity index (χ3v) is 3.66. The van der Waals surface area contributed by atoms with Gasteiger partial charge in [-0.1, -0.05) is 30.3 Å². The van der Waals surface area contributed by atoms with Gasteiger partial charge in [0.05, 0.1) is 16.6 Å². The second kappa shape index (κ2) is 4.91. The van der Waals surface area contributed by atoms with Crippen molar-refractivity contribution < 1.29 is 8.63 Å². The Hall–Kier alpha value is -2.76. The fraction of sp³-hybridized carbons (Fsp3) is 0. The molecule has 0 spiro atoms.